The third-order valence-electron chi connectivity index (χ3n) is 2.95. The van der Waals surface area contributed by atoms with Crippen molar-refractivity contribution in [3.8, 4) is 0 Å². The summed E-state index contributed by atoms with van der Waals surface area (Å²) in [6.45, 7) is 4.19. The standard InChI is InChI=1S/C15H23NO3/c1-15(2,19)13-8-6-7-12(11-13)14(18)16-9-4-3-5-10-17/h6-8,11,17,19H,3-5,9-10H2,1-2H3,(H,16,18). The average Bonchev–Trinajstić information content (AvgIpc) is 2.37. The molecular formula is C15H23NO3. The number of aliphatic hydroxyl groups excluding tert-OH is 1. The molecule has 0 atom stereocenters. The van der Waals surface area contributed by atoms with E-state index in [0.717, 1.165) is 24.8 Å². The van der Waals surface area contributed by atoms with E-state index < -0.39 is 5.60 Å². The van der Waals surface area contributed by atoms with Crippen LogP contribution in [0, 0.1) is 0 Å². The zero-order valence-corrected chi connectivity index (χ0v) is 11.6. The minimum atomic E-state index is -0.947. The summed E-state index contributed by atoms with van der Waals surface area (Å²) in [6.07, 6.45) is 2.53. The molecule has 0 aliphatic rings. The Morgan fingerprint density at radius 3 is 2.63 bits per heavy atom. The number of aliphatic hydroxyl groups is 2. The van der Waals surface area contributed by atoms with Gasteiger partial charge in [-0.25, -0.2) is 0 Å². The zero-order chi connectivity index (χ0) is 14.3. The molecule has 0 unspecified atom stereocenters. The van der Waals surface area contributed by atoms with Gasteiger partial charge in [-0.2, -0.15) is 0 Å². The zero-order valence-electron chi connectivity index (χ0n) is 11.6. The van der Waals surface area contributed by atoms with Crippen LogP contribution in [0.2, 0.25) is 0 Å². The number of carbonyl (C=O) groups is 1. The lowest BCUT2D eigenvalue weighted by atomic mass is 9.96. The number of unbranched alkanes of at least 4 members (excludes halogenated alkanes) is 2. The molecule has 0 aliphatic heterocycles. The fourth-order valence-corrected chi connectivity index (χ4v) is 1.76. The predicted octanol–water partition coefficient (Wildman–Crippen LogP) is 1.81. The van der Waals surface area contributed by atoms with Gasteiger partial charge in [-0.05, 0) is 50.8 Å². The van der Waals surface area contributed by atoms with Crippen LogP contribution in [0.5, 0.6) is 0 Å². The first kappa shape index (κ1) is 15.7. The smallest absolute Gasteiger partial charge is 0.251 e. The van der Waals surface area contributed by atoms with Crippen LogP contribution < -0.4 is 5.32 Å². The normalized spacial score (nSPS) is 11.4. The van der Waals surface area contributed by atoms with Crippen molar-refractivity contribution in [2.24, 2.45) is 0 Å². The molecule has 4 nitrogen and oxygen atoms in total. The van der Waals surface area contributed by atoms with E-state index in [4.69, 9.17) is 5.11 Å². The topological polar surface area (TPSA) is 69.6 Å². The quantitative estimate of drug-likeness (QED) is 0.658. The van der Waals surface area contributed by atoms with Gasteiger partial charge in [0.05, 0.1) is 5.60 Å². The minimum Gasteiger partial charge on any atom is -0.396 e. The average molecular weight is 265 g/mol. The summed E-state index contributed by atoms with van der Waals surface area (Å²) in [7, 11) is 0. The second kappa shape index (κ2) is 7.26. The number of carbonyl (C=O) groups excluding carboxylic acids is 1. The Balaban J connectivity index is 2.53. The Labute approximate surface area is 114 Å². The first-order chi connectivity index (χ1) is 8.95. The van der Waals surface area contributed by atoms with E-state index in [9.17, 15) is 9.90 Å². The highest BCUT2D eigenvalue weighted by Gasteiger charge is 2.17. The largest absolute Gasteiger partial charge is 0.396 e. The molecular weight excluding hydrogens is 242 g/mol. The molecule has 0 fully saturated rings. The molecule has 0 aliphatic carbocycles. The number of hydrogen-bond acceptors (Lipinski definition) is 3. The summed E-state index contributed by atoms with van der Waals surface area (Å²) in [4.78, 5) is 11.9. The lowest BCUT2D eigenvalue weighted by Gasteiger charge is -2.18. The summed E-state index contributed by atoms with van der Waals surface area (Å²) in [5, 5.41) is 21.4. The lowest BCUT2D eigenvalue weighted by Crippen LogP contribution is -2.25. The van der Waals surface area contributed by atoms with Gasteiger partial charge in [-0.3, -0.25) is 4.79 Å². The Bertz CT molecular complexity index is 410. The van der Waals surface area contributed by atoms with Gasteiger partial charge >= 0.3 is 0 Å². The van der Waals surface area contributed by atoms with Gasteiger partial charge in [0.2, 0.25) is 0 Å². The van der Waals surface area contributed by atoms with Gasteiger partial charge in [-0.15, -0.1) is 0 Å². The van der Waals surface area contributed by atoms with Crippen molar-refractivity contribution in [2.45, 2.75) is 38.7 Å². The molecule has 0 heterocycles. The monoisotopic (exact) mass is 265 g/mol. The van der Waals surface area contributed by atoms with Crippen molar-refractivity contribution in [1.82, 2.24) is 5.32 Å². The summed E-state index contributed by atoms with van der Waals surface area (Å²) in [5.41, 5.74) is 0.333. The van der Waals surface area contributed by atoms with E-state index in [1.807, 2.05) is 0 Å². The van der Waals surface area contributed by atoms with Crippen LogP contribution in [0.15, 0.2) is 24.3 Å². The van der Waals surface area contributed by atoms with E-state index in [-0.39, 0.29) is 12.5 Å². The van der Waals surface area contributed by atoms with Crippen molar-refractivity contribution < 1.29 is 15.0 Å². The molecule has 0 aromatic heterocycles. The Morgan fingerprint density at radius 1 is 1.26 bits per heavy atom. The first-order valence-electron chi connectivity index (χ1n) is 6.67. The molecule has 1 aromatic carbocycles. The first-order valence-corrected chi connectivity index (χ1v) is 6.67. The van der Waals surface area contributed by atoms with E-state index >= 15 is 0 Å². The fraction of sp³-hybridized carbons (Fsp3) is 0.533. The molecule has 0 spiro atoms. The van der Waals surface area contributed by atoms with Crippen molar-refractivity contribution in [2.75, 3.05) is 13.2 Å². The highest BCUT2D eigenvalue weighted by Crippen LogP contribution is 2.20. The molecule has 106 valence electrons. The molecule has 3 N–H and O–H groups in total. The van der Waals surface area contributed by atoms with Crippen LogP contribution in [0.3, 0.4) is 0 Å². The van der Waals surface area contributed by atoms with Gasteiger partial charge in [0.15, 0.2) is 0 Å². The van der Waals surface area contributed by atoms with E-state index in [2.05, 4.69) is 5.32 Å². The molecule has 0 saturated heterocycles. The third kappa shape index (κ3) is 5.41. The van der Waals surface area contributed by atoms with Gasteiger partial charge in [0.1, 0.15) is 0 Å². The van der Waals surface area contributed by atoms with Crippen molar-refractivity contribution in [3.63, 3.8) is 0 Å². The molecule has 19 heavy (non-hydrogen) atoms. The molecule has 1 amide bonds. The Morgan fingerprint density at radius 2 is 2.00 bits per heavy atom. The molecule has 0 saturated carbocycles. The maximum atomic E-state index is 11.9. The SMILES string of the molecule is CC(C)(O)c1cccc(C(=O)NCCCCCO)c1. The summed E-state index contributed by atoms with van der Waals surface area (Å²) < 4.78 is 0. The lowest BCUT2D eigenvalue weighted by molar-refractivity contribution is 0.0784. The number of rotatable bonds is 7. The number of benzene rings is 1. The fourth-order valence-electron chi connectivity index (χ4n) is 1.76. The number of amides is 1. The molecule has 1 rings (SSSR count). The van der Waals surface area contributed by atoms with Gasteiger partial charge in [0, 0.05) is 18.7 Å². The van der Waals surface area contributed by atoms with Gasteiger partial charge < -0.3 is 15.5 Å². The van der Waals surface area contributed by atoms with Crippen molar-refractivity contribution >= 4 is 5.91 Å². The molecule has 1 aromatic rings. The molecule has 0 radical (unpaired) electrons. The Hall–Kier alpha value is -1.39. The maximum Gasteiger partial charge on any atom is 0.251 e. The van der Waals surface area contributed by atoms with Crippen LogP contribution >= 0.6 is 0 Å². The maximum absolute atomic E-state index is 11.9. The van der Waals surface area contributed by atoms with Gasteiger partial charge in [0.25, 0.3) is 5.91 Å². The van der Waals surface area contributed by atoms with Crippen LogP contribution in [0.1, 0.15) is 49.0 Å². The van der Waals surface area contributed by atoms with Gasteiger partial charge in [-0.1, -0.05) is 12.1 Å². The molecule has 0 bridgehead atoms. The van der Waals surface area contributed by atoms with E-state index in [0.29, 0.717) is 12.1 Å². The second-order valence-electron chi connectivity index (χ2n) is 5.18. The highest BCUT2D eigenvalue weighted by atomic mass is 16.3. The second-order valence-corrected chi connectivity index (χ2v) is 5.18. The van der Waals surface area contributed by atoms with Crippen LogP contribution in [0.4, 0.5) is 0 Å². The molecule has 4 heteroatoms. The Kier molecular flexibility index (Phi) is 5.99. The van der Waals surface area contributed by atoms with Crippen LogP contribution in [-0.4, -0.2) is 29.3 Å². The van der Waals surface area contributed by atoms with E-state index in [1.165, 1.54) is 0 Å². The van der Waals surface area contributed by atoms with Crippen molar-refractivity contribution in [1.29, 1.82) is 0 Å². The number of hydrogen-bond donors (Lipinski definition) is 3. The summed E-state index contributed by atoms with van der Waals surface area (Å²) in [6, 6.07) is 7.02. The predicted molar refractivity (Wildman–Crippen MR) is 75.0 cm³/mol. The van der Waals surface area contributed by atoms with Crippen molar-refractivity contribution in [3.05, 3.63) is 35.4 Å². The van der Waals surface area contributed by atoms with Crippen LogP contribution in [-0.2, 0) is 5.60 Å². The minimum absolute atomic E-state index is 0.130. The highest BCUT2D eigenvalue weighted by molar-refractivity contribution is 5.94. The van der Waals surface area contributed by atoms with Crippen LogP contribution in [0.25, 0.3) is 0 Å². The summed E-state index contributed by atoms with van der Waals surface area (Å²) in [5.74, 6) is -0.130. The number of nitrogens with one attached hydrogen (secondary N) is 1. The van der Waals surface area contributed by atoms with E-state index in [1.54, 1.807) is 38.1 Å². The summed E-state index contributed by atoms with van der Waals surface area (Å²) >= 11 is 0. The third-order valence-corrected chi connectivity index (χ3v) is 2.95.